The first-order valence-corrected chi connectivity index (χ1v) is 9.19. The zero-order valence-corrected chi connectivity index (χ0v) is 14.9. The summed E-state index contributed by atoms with van der Waals surface area (Å²) in [4.78, 5) is 6.41. The van der Waals surface area contributed by atoms with Crippen LogP contribution in [0, 0.1) is 0 Å². The Morgan fingerprint density at radius 3 is 2.71 bits per heavy atom. The number of hydrogen-bond donors (Lipinski definition) is 2. The standard InChI is InChI=1S/C17H17N3O2S2/c1-3-18-17-20(14(10-24-17)16-5-4-8-23-16)19-11(2)13-7-6-12(21)9-15(13)22/h4-10,21-22H,3H2,1-2H3/b18-17?,19-11+. The first kappa shape index (κ1) is 16.5. The monoisotopic (exact) mass is 359 g/mol. The fourth-order valence-corrected chi connectivity index (χ4v) is 3.95. The molecule has 0 unspecified atom stereocenters. The number of aromatic hydroxyl groups is 2. The van der Waals surface area contributed by atoms with E-state index < -0.39 is 0 Å². The predicted octanol–water partition coefficient (Wildman–Crippen LogP) is 3.88. The average Bonchev–Trinajstić information content (AvgIpc) is 3.18. The highest BCUT2D eigenvalue weighted by Crippen LogP contribution is 2.26. The summed E-state index contributed by atoms with van der Waals surface area (Å²) in [5.41, 5.74) is 2.19. The van der Waals surface area contributed by atoms with Gasteiger partial charge in [-0.25, -0.2) is 4.68 Å². The molecule has 0 atom stereocenters. The van der Waals surface area contributed by atoms with Gasteiger partial charge in [-0.05, 0) is 37.4 Å². The maximum absolute atomic E-state index is 10.0. The second-order valence-corrected chi connectivity index (χ2v) is 6.84. The second-order valence-electron chi connectivity index (χ2n) is 5.05. The Morgan fingerprint density at radius 1 is 1.21 bits per heavy atom. The van der Waals surface area contributed by atoms with Crippen molar-refractivity contribution < 1.29 is 10.2 Å². The Hall–Kier alpha value is -2.38. The van der Waals surface area contributed by atoms with Gasteiger partial charge in [0.1, 0.15) is 11.5 Å². The largest absolute Gasteiger partial charge is 0.508 e. The number of aromatic nitrogens is 1. The van der Waals surface area contributed by atoms with Crippen LogP contribution in [-0.4, -0.2) is 27.1 Å². The van der Waals surface area contributed by atoms with Crippen LogP contribution in [0.5, 0.6) is 11.5 Å². The smallest absolute Gasteiger partial charge is 0.206 e. The zero-order valence-electron chi connectivity index (χ0n) is 13.3. The maximum atomic E-state index is 10.0. The van der Waals surface area contributed by atoms with Crippen molar-refractivity contribution in [3.63, 3.8) is 0 Å². The molecule has 2 aromatic heterocycles. The Bertz CT molecular complexity index is 937. The number of thiophene rings is 1. The Labute approximate surface area is 147 Å². The molecule has 24 heavy (non-hydrogen) atoms. The summed E-state index contributed by atoms with van der Waals surface area (Å²) in [5, 5.41) is 28.2. The van der Waals surface area contributed by atoms with Gasteiger partial charge in [0.05, 0.1) is 16.3 Å². The minimum absolute atomic E-state index is 0.00117. The second kappa shape index (κ2) is 7.02. The Morgan fingerprint density at radius 2 is 2.04 bits per heavy atom. The number of phenols is 2. The van der Waals surface area contributed by atoms with Crippen molar-refractivity contribution in [1.29, 1.82) is 0 Å². The fraction of sp³-hybridized carbons (Fsp3) is 0.176. The van der Waals surface area contributed by atoms with E-state index >= 15 is 0 Å². The van der Waals surface area contributed by atoms with Crippen molar-refractivity contribution in [1.82, 2.24) is 4.68 Å². The van der Waals surface area contributed by atoms with E-state index in [-0.39, 0.29) is 11.5 Å². The van der Waals surface area contributed by atoms with Gasteiger partial charge < -0.3 is 10.2 Å². The van der Waals surface area contributed by atoms with Gasteiger partial charge in [0.25, 0.3) is 0 Å². The summed E-state index contributed by atoms with van der Waals surface area (Å²) in [6.45, 7) is 4.48. The molecule has 0 radical (unpaired) electrons. The number of nitrogens with zero attached hydrogens (tertiary/aromatic N) is 3. The van der Waals surface area contributed by atoms with Crippen LogP contribution in [0.15, 0.2) is 51.2 Å². The van der Waals surface area contributed by atoms with Crippen molar-refractivity contribution in [2.24, 2.45) is 10.1 Å². The van der Waals surface area contributed by atoms with E-state index in [1.54, 1.807) is 17.4 Å². The van der Waals surface area contributed by atoms with Gasteiger partial charge in [-0.3, -0.25) is 4.99 Å². The van der Waals surface area contributed by atoms with E-state index in [2.05, 4.69) is 10.1 Å². The van der Waals surface area contributed by atoms with E-state index in [4.69, 9.17) is 0 Å². The lowest BCUT2D eigenvalue weighted by molar-refractivity contribution is 0.450. The molecule has 0 fully saturated rings. The molecule has 0 aliphatic carbocycles. The van der Waals surface area contributed by atoms with Crippen LogP contribution in [-0.2, 0) is 0 Å². The van der Waals surface area contributed by atoms with Crippen LogP contribution in [0.25, 0.3) is 10.6 Å². The molecule has 3 rings (SSSR count). The van der Waals surface area contributed by atoms with E-state index in [0.29, 0.717) is 17.8 Å². The quantitative estimate of drug-likeness (QED) is 0.694. The Balaban J connectivity index is 2.14. The molecule has 3 aromatic rings. The number of phenolic OH excluding ortho intramolecular Hbond substituents is 2. The molecule has 2 heterocycles. The summed E-state index contributed by atoms with van der Waals surface area (Å²) in [6, 6.07) is 8.54. The normalized spacial score (nSPS) is 12.8. The van der Waals surface area contributed by atoms with Gasteiger partial charge in [0.2, 0.25) is 4.80 Å². The maximum Gasteiger partial charge on any atom is 0.206 e. The van der Waals surface area contributed by atoms with Crippen molar-refractivity contribution in [2.75, 3.05) is 6.54 Å². The van der Waals surface area contributed by atoms with Gasteiger partial charge in [-0.1, -0.05) is 6.07 Å². The molecule has 0 spiro atoms. The number of thiazole rings is 1. The molecular weight excluding hydrogens is 342 g/mol. The number of benzene rings is 1. The summed E-state index contributed by atoms with van der Waals surface area (Å²) in [7, 11) is 0. The lowest BCUT2D eigenvalue weighted by atomic mass is 10.1. The molecule has 2 N–H and O–H groups in total. The highest BCUT2D eigenvalue weighted by molar-refractivity contribution is 7.14. The molecule has 0 bridgehead atoms. The van der Waals surface area contributed by atoms with E-state index in [9.17, 15) is 10.2 Å². The van der Waals surface area contributed by atoms with Crippen molar-refractivity contribution >= 4 is 28.4 Å². The minimum atomic E-state index is -0.00117. The van der Waals surface area contributed by atoms with Gasteiger partial charge in [0, 0.05) is 23.6 Å². The molecular formula is C17H17N3O2S2. The van der Waals surface area contributed by atoms with Gasteiger partial charge in [-0.15, -0.1) is 22.7 Å². The lowest BCUT2D eigenvalue weighted by Gasteiger charge is -2.07. The van der Waals surface area contributed by atoms with Crippen LogP contribution >= 0.6 is 22.7 Å². The van der Waals surface area contributed by atoms with E-state index in [1.807, 2.05) is 41.4 Å². The molecule has 0 amide bonds. The number of rotatable bonds is 4. The lowest BCUT2D eigenvalue weighted by Crippen LogP contribution is -2.14. The number of hydrogen-bond acceptors (Lipinski definition) is 6. The minimum Gasteiger partial charge on any atom is -0.508 e. The summed E-state index contributed by atoms with van der Waals surface area (Å²) < 4.78 is 1.81. The first-order chi connectivity index (χ1) is 11.6. The van der Waals surface area contributed by atoms with Crippen molar-refractivity contribution in [2.45, 2.75) is 13.8 Å². The molecule has 0 aliphatic rings. The van der Waals surface area contributed by atoms with Gasteiger partial charge in [-0.2, -0.15) is 5.10 Å². The summed E-state index contributed by atoms with van der Waals surface area (Å²) in [6.07, 6.45) is 0. The van der Waals surface area contributed by atoms with Crippen LogP contribution in [0.4, 0.5) is 0 Å². The van der Waals surface area contributed by atoms with Gasteiger partial charge in [0.15, 0.2) is 0 Å². The average molecular weight is 359 g/mol. The van der Waals surface area contributed by atoms with Crippen molar-refractivity contribution in [3.8, 4) is 22.1 Å². The van der Waals surface area contributed by atoms with Gasteiger partial charge >= 0.3 is 0 Å². The van der Waals surface area contributed by atoms with E-state index in [0.717, 1.165) is 15.4 Å². The third-order valence-electron chi connectivity index (χ3n) is 3.37. The molecule has 5 nitrogen and oxygen atoms in total. The van der Waals surface area contributed by atoms with E-state index in [1.165, 1.54) is 23.5 Å². The molecule has 0 saturated carbocycles. The molecule has 124 valence electrons. The predicted molar refractivity (Wildman–Crippen MR) is 99.1 cm³/mol. The third kappa shape index (κ3) is 3.27. The van der Waals surface area contributed by atoms with Crippen LogP contribution in [0.1, 0.15) is 19.4 Å². The molecule has 1 aromatic carbocycles. The zero-order chi connectivity index (χ0) is 17.1. The van der Waals surface area contributed by atoms with Crippen LogP contribution in [0.2, 0.25) is 0 Å². The topological polar surface area (TPSA) is 70.1 Å². The molecule has 7 heteroatoms. The Kier molecular flexibility index (Phi) is 4.82. The highest BCUT2D eigenvalue weighted by atomic mass is 32.1. The third-order valence-corrected chi connectivity index (χ3v) is 5.12. The summed E-state index contributed by atoms with van der Waals surface area (Å²) in [5.74, 6) is 0.0203. The van der Waals surface area contributed by atoms with Crippen LogP contribution in [0.3, 0.4) is 0 Å². The molecule has 0 aliphatic heterocycles. The summed E-state index contributed by atoms with van der Waals surface area (Å²) >= 11 is 3.18. The molecule has 0 saturated heterocycles. The highest BCUT2D eigenvalue weighted by Gasteiger charge is 2.11. The first-order valence-electron chi connectivity index (χ1n) is 7.43. The fourth-order valence-electron chi connectivity index (χ4n) is 2.26. The van der Waals surface area contributed by atoms with Crippen LogP contribution < -0.4 is 4.80 Å². The SMILES string of the molecule is CCN=c1scc(-c2cccs2)n1/N=C(\C)c1ccc(O)cc1O. The van der Waals surface area contributed by atoms with Crippen molar-refractivity contribution in [3.05, 3.63) is 51.5 Å².